The smallest absolute Gasteiger partial charge is 0.206 e. The monoisotopic (exact) mass is 378 g/mol. The topological polar surface area (TPSA) is 49.4 Å². The van der Waals surface area contributed by atoms with E-state index < -0.39 is 21.5 Å². The second-order valence-electron chi connectivity index (χ2n) is 7.07. The Morgan fingerprint density at radius 2 is 1.69 bits per heavy atom. The van der Waals surface area contributed by atoms with Crippen LogP contribution in [0, 0.1) is 11.6 Å². The van der Waals surface area contributed by atoms with Crippen LogP contribution in [0.1, 0.15) is 24.3 Å². The first-order valence-corrected chi connectivity index (χ1v) is 10.1. The Hall–Kier alpha value is -1.99. The normalized spacial score (nSPS) is 23.0. The molecule has 0 aromatic heterocycles. The number of hydrogen-bond acceptors (Lipinski definition) is 4. The summed E-state index contributed by atoms with van der Waals surface area (Å²) < 4.78 is 52.4. The van der Waals surface area contributed by atoms with Crippen LogP contribution in [0.3, 0.4) is 0 Å². The van der Waals surface area contributed by atoms with E-state index in [2.05, 4.69) is 17.3 Å². The largest absolute Gasteiger partial charge is 0.381 e. The molecule has 1 fully saturated rings. The third kappa shape index (κ3) is 2.89. The van der Waals surface area contributed by atoms with Gasteiger partial charge in [-0.3, -0.25) is 0 Å². The van der Waals surface area contributed by atoms with Crippen molar-refractivity contribution in [2.45, 2.75) is 34.6 Å². The summed E-state index contributed by atoms with van der Waals surface area (Å²) in [5.41, 5.74) is 1.96. The lowest BCUT2D eigenvalue weighted by molar-refractivity contribution is 0.346. The molecule has 1 N–H and O–H groups in total. The van der Waals surface area contributed by atoms with E-state index in [4.69, 9.17) is 0 Å². The predicted octanol–water partition coefficient (Wildman–Crippen LogP) is 3.40. The van der Waals surface area contributed by atoms with Gasteiger partial charge in [0.25, 0.3) is 0 Å². The molecule has 2 aliphatic rings. The van der Waals surface area contributed by atoms with Crippen LogP contribution in [0.15, 0.2) is 46.2 Å². The number of nitrogens with one attached hydrogen (secondary N) is 1. The third-order valence-electron chi connectivity index (χ3n) is 5.40. The van der Waals surface area contributed by atoms with Crippen LogP contribution in [0.5, 0.6) is 0 Å². The fourth-order valence-electron chi connectivity index (χ4n) is 3.90. The van der Waals surface area contributed by atoms with Gasteiger partial charge in [0.2, 0.25) is 9.84 Å². The number of hydrogen-bond donors (Lipinski definition) is 1. The van der Waals surface area contributed by atoms with E-state index in [-0.39, 0.29) is 15.7 Å². The molecule has 26 heavy (non-hydrogen) atoms. The Balaban J connectivity index is 1.72. The molecule has 1 saturated heterocycles. The summed E-state index contributed by atoms with van der Waals surface area (Å²) in [6.45, 7) is 1.96. The molecule has 0 saturated carbocycles. The van der Waals surface area contributed by atoms with Crippen LogP contribution >= 0.6 is 0 Å². The van der Waals surface area contributed by atoms with Gasteiger partial charge in [-0.05, 0) is 74.9 Å². The van der Waals surface area contributed by atoms with E-state index in [0.717, 1.165) is 55.4 Å². The highest BCUT2D eigenvalue weighted by atomic mass is 32.2. The Morgan fingerprint density at radius 1 is 1.00 bits per heavy atom. The number of anilines is 1. The van der Waals surface area contributed by atoms with E-state index in [1.165, 1.54) is 6.07 Å². The fraction of sp³-hybridized carbons (Fsp3) is 0.368. The van der Waals surface area contributed by atoms with Crippen molar-refractivity contribution in [3.05, 3.63) is 53.6 Å². The van der Waals surface area contributed by atoms with E-state index in [1.54, 1.807) is 12.1 Å². The molecule has 4 nitrogen and oxygen atoms in total. The molecule has 0 bridgehead atoms. The molecule has 7 heteroatoms. The number of sulfone groups is 1. The first kappa shape index (κ1) is 17.4. The quantitative estimate of drug-likeness (QED) is 0.814. The van der Waals surface area contributed by atoms with Gasteiger partial charge >= 0.3 is 0 Å². The fourth-order valence-corrected chi connectivity index (χ4v) is 5.21. The molecule has 0 aliphatic carbocycles. The van der Waals surface area contributed by atoms with Crippen molar-refractivity contribution in [1.82, 2.24) is 4.90 Å². The summed E-state index contributed by atoms with van der Waals surface area (Å²) in [6, 6.07) is 7.97. The van der Waals surface area contributed by atoms with Crippen molar-refractivity contribution in [2.75, 3.05) is 25.5 Å². The summed E-state index contributed by atoms with van der Waals surface area (Å²) in [4.78, 5) is 2.16. The minimum absolute atomic E-state index is 0.113. The molecule has 0 unspecified atom stereocenters. The number of rotatable bonds is 2. The SMILES string of the molecule is CN1CC[C@@H]2Nc3ccc(S(=O)(=O)c4ccc(F)c(F)c4)cc3[C@@H]2CC1. The molecule has 2 heterocycles. The maximum atomic E-state index is 13.5. The highest BCUT2D eigenvalue weighted by Crippen LogP contribution is 2.42. The van der Waals surface area contributed by atoms with Crippen molar-refractivity contribution < 1.29 is 17.2 Å². The van der Waals surface area contributed by atoms with Crippen molar-refractivity contribution >= 4 is 15.5 Å². The van der Waals surface area contributed by atoms with Gasteiger partial charge in [0.05, 0.1) is 9.79 Å². The molecule has 2 aromatic rings. The zero-order chi connectivity index (χ0) is 18.5. The molecule has 0 amide bonds. The number of benzene rings is 2. The van der Waals surface area contributed by atoms with Crippen LogP contribution in [0.2, 0.25) is 0 Å². The number of fused-ring (bicyclic) bond motifs is 3. The number of nitrogens with zero attached hydrogens (tertiary/aromatic N) is 1. The van der Waals surface area contributed by atoms with Crippen LogP contribution < -0.4 is 5.32 Å². The van der Waals surface area contributed by atoms with Gasteiger partial charge in [-0.2, -0.15) is 0 Å². The molecule has 2 aromatic carbocycles. The van der Waals surface area contributed by atoms with E-state index in [1.807, 2.05) is 0 Å². The van der Waals surface area contributed by atoms with Crippen LogP contribution in [0.4, 0.5) is 14.5 Å². The average Bonchev–Trinajstić information content (AvgIpc) is 2.86. The van der Waals surface area contributed by atoms with Gasteiger partial charge in [0.1, 0.15) is 0 Å². The number of likely N-dealkylation sites (tertiary alicyclic amines) is 1. The zero-order valence-corrected chi connectivity index (χ0v) is 15.2. The molecular formula is C19H20F2N2O2S. The molecule has 138 valence electrons. The van der Waals surface area contributed by atoms with Crippen molar-refractivity contribution in [1.29, 1.82) is 0 Å². The van der Waals surface area contributed by atoms with Crippen molar-refractivity contribution in [3.63, 3.8) is 0 Å². The lowest BCUT2D eigenvalue weighted by Crippen LogP contribution is -2.22. The van der Waals surface area contributed by atoms with Gasteiger partial charge in [-0.25, -0.2) is 17.2 Å². The van der Waals surface area contributed by atoms with Crippen LogP contribution in [-0.4, -0.2) is 39.5 Å². The second-order valence-corrected chi connectivity index (χ2v) is 9.02. The zero-order valence-electron chi connectivity index (χ0n) is 14.4. The highest BCUT2D eigenvalue weighted by Gasteiger charge is 2.35. The van der Waals surface area contributed by atoms with Crippen LogP contribution in [-0.2, 0) is 9.84 Å². The van der Waals surface area contributed by atoms with E-state index in [0.29, 0.717) is 6.04 Å². The minimum atomic E-state index is -3.90. The maximum Gasteiger partial charge on any atom is 0.206 e. The average molecular weight is 378 g/mol. The summed E-state index contributed by atoms with van der Waals surface area (Å²) in [5.74, 6) is -1.97. The summed E-state index contributed by atoms with van der Waals surface area (Å²) in [7, 11) is -1.81. The lowest BCUT2D eigenvalue weighted by atomic mass is 9.91. The van der Waals surface area contributed by atoms with Gasteiger partial charge in [0, 0.05) is 17.6 Å². The predicted molar refractivity (Wildman–Crippen MR) is 95.1 cm³/mol. The van der Waals surface area contributed by atoms with E-state index in [9.17, 15) is 17.2 Å². The van der Waals surface area contributed by atoms with Gasteiger partial charge in [-0.1, -0.05) is 0 Å². The molecule has 0 radical (unpaired) electrons. The van der Waals surface area contributed by atoms with Crippen molar-refractivity contribution in [3.8, 4) is 0 Å². The Bertz CT molecular complexity index is 962. The second kappa shape index (κ2) is 6.32. The first-order chi connectivity index (χ1) is 12.4. The summed E-state index contributed by atoms with van der Waals surface area (Å²) in [6.07, 6.45) is 1.96. The molecule has 0 spiro atoms. The maximum absolute atomic E-state index is 13.5. The van der Waals surface area contributed by atoms with Crippen LogP contribution in [0.25, 0.3) is 0 Å². The highest BCUT2D eigenvalue weighted by molar-refractivity contribution is 7.91. The third-order valence-corrected chi connectivity index (χ3v) is 7.15. The minimum Gasteiger partial charge on any atom is -0.381 e. The molecule has 2 atom stereocenters. The Labute approximate surface area is 151 Å². The number of halogens is 2. The van der Waals surface area contributed by atoms with Gasteiger partial charge in [0.15, 0.2) is 11.6 Å². The van der Waals surface area contributed by atoms with Gasteiger partial charge < -0.3 is 10.2 Å². The van der Waals surface area contributed by atoms with Gasteiger partial charge in [-0.15, -0.1) is 0 Å². The molecular weight excluding hydrogens is 358 g/mol. The Morgan fingerprint density at radius 3 is 2.46 bits per heavy atom. The van der Waals surface area contributed by atoms with E-state index >= 15 is 0 Å². The summed E-state index contributed by atoms with van der Waals surface area (Å²) >= 11 is 0. The van der Waals surface area contributed by atoms with Crippen molar-refractivity contribution in [2.24, 2.45) is 0 Å². The first-order valence-electron chi connectivity index (χ1n) is 8.65. The molecule has 4 rings (SSSR count). The summed E-state index contributed by atoms with van der Waals surface area (Å²) in [5, 5.41) is 3.50. The Kier molecular flexibility index (Phi) is 4.23. The standard InChI is InChI=1S/C19H20F2N2O2S/c1-23-8-6-14-15-10-12(3-5-18(15)22-19(14)7-9-23)26(24,25)13-2-4-16(20)17(21)11-13/h2-5,10-11,14,19,22H,6-9H2,1H3/t14-,19-/m0/s1. The lowest BCUT2D eigenvalue weighted by Gasteiger charge is -2.16. The molecule has 2 aliphatic heterocycles.